The number of hydrogen-bond donors (Lipinski definition) is 0. The van der Waals surface area contributed by atoms with Crippen molar-refractivity contribution in [3.63, 3.8) is 0 Å². The average molecular weight is 526 g/mol. The van der Waals surface area contributed by atoms with E-state index in [-0.39, 0.29) is 5.75 Å². The molecular weight excluding hydrogens is 486 g/mol. The minimum Gasteiger partial charge on any atom is -0.425 e. The van der Waals surface area contributed by atoms with E-state index in [1.165, 1.54) is 62.6 Å². The van der Waals surface area contributed by atoms with E-state index >= 15 is 0 Å². The summed E-state index contributed by atoms with van der Waals surface area (Å²) in [6, 6.07) is 24.2. The molecule has 0 aliphatic heterocycles. The predicted molar refractivity (Wildman–Crippen MR) is 155 cm³/mol. The average Bonchev–Trinajstić information content (AvgIpc) is 2.97. The highest BCUT2D eigenvalue weighted by molar-refractivity contribution is 5.91. The normalized spacial score (nSPS) is 12.3. The Morgan fingerprint density at radius 1 is 0.718 bits per heavy atom. The Labute approximate surface area is 232 Å². The van der Waals surface area contributed by atoms with E-state index in [4.69, 9.17) is 9.47 Å². The van der Waals surface area contributed by atoms with Gasteiger partial charge in [0.25, 0.3) is 0 Å². The molecule has 3 aromatic carbocycles. The van der Waals surface area contributed by atoms with Crippen LogP contribution in [0, 0.1) is 16.7 Å². The van der Waals surface area contributed by atoms with Gasteiger partial charge in [0, 0.05) is 0 Å². The Balaban J connectivity index is 1.49. The van der Waals surface area contributed by atoms with Crippen LogP contribution in [0.5, 0.6) is 11.5 Å². The molecule has 0 amide bonds. The summed E-state index contributed by atoms with van der Waals surface area (Å²) in [5.41, 5.74) is 2.75. The van der Waals surface area contributed by atoms with Gasteiger partial charge in [0.15, 0.2) is 5.41 Å². The molecule has 0 radical (unpaired) electrons. The first-order valence-corrected chi connectivity index (χ1v) is 14.0. The summed E-state index contributed by atoms with van der Waals surface area (Å²) < 4.78 is 10.8. The number of rotatable bonds is 14. The van der Waals surface area contributed by atoms with Crippen molar-refractivity contribution in [2.75, 3.05) is 0 Å². The second-order valence-electron chi connectivity index (χ2n) is 10.2. The zero-order chi connectivity index (χ0) is 28.1. The second kappa shape index (κ2) is 14.9. The van der Waals surface area contributed by atoms with E-state index in [2.05, 4.69) is 31.2 Å². The van der Waals surface area contributed by atoms with Crippen molar-refractivity contribution >= 4 is 11.9 Å². The summed E-state index contributed by atoms with van der Waals surface area (Å²) in [5.74, 6) is -0.467. The summed E-state index contributed by atoms with van der Waals surface area (Å²) in [7, 11) is 0. The number of nitriles is 1. The van der Waals surface area contributed by atoms with Crippen LogP contribution in [0.4, 0.5) is 0 Å². The third kappa shape index (κ3) is 8.82. The number of aryl methyl sites for hydroxylation is 1. The van der Waals surface area contributed by atoms with Gasteiger partial charge in [0.1, 0.15) is 11.5 Å². The zero-order valence-corrected chi connectivity index (χ0v) is 23.4. The summed E-state index contributed by atoms with van der Waals surface area (Å²) in [4.78, 5) is 24.9. The first-order valence-electron chi connectivity index (χ1n) is 14.0. The van der Waals surface area contributed by atoms with Crippen LogP contribution in [-0.4, -0.2) is 11.9 Å². The largest absolute Gasteiger partial charge is 0.425 e. The summed E-state index contributed by atoms with van der Waals surface area (Å²) >= 11 is 0. The molecule has 0 spiro atoms. The van der Waals surface area contributed by atoms with Crippen molar-refractivity contribution in [1.82, 2.24) is 0 Å². The molecule has 5 heteroatoms. The molecule has 0 heterocycles. The van der Waals surface area contributed by atoms with Crippen molar-refractivity contribution in [2.24, 2.45) is 5.41 Å². The second-order valence-corrected chi connectivity index (χ2v) is 10.2. The third-order valence-corrected chi connectivity index (χ3v) is 7.13. The molecule has 0 aliphatic carbocycles. The molecule has 0 saturated heterocycles. The van der Waals surface area contributed by atoms with Crippen molar-refractivity contribution in [1.29, 1.82) is 5.26 Å². The Hall–Kier alpha value is -3.91. The Kier molecular flexibility index (Phi) is 11.3. The first kappa shape index (κ1) is 29.6. The van der Waals surface area contributed by atoms with E-state index < -0.39 is 17.4 Å². The predicted octanol–water partition coefficient (Wildman–Crippen LogP) is 8.71. The van der Waals surface area contributed by atoms with Gasteiger partial charge < -0.3 is 9.47 Å². The standard InChI is InChI=1S/C34H39NO4/c1-4-6-7-8-9-10-11-12-26-13-15-27(16-14-26)28-17-19-29(20-18-28)32(36)38-30-21-23-31(24-22-30)39-33(37)34(3,5-2)25-35/h13-24H,4-12H2,1-3H3. The molecule has 0 N–H and O–H groups in total. The molecular formula is C34H39NO4. The van der Waals surface area contributed by atoms with Crippen LogP contribution >= 0.6 is 0 Å². The van der Waals surface area contributed by atoms with Gasteiger partial charge in [0.2, 0.25) is 0 Å². The van der Waals surface area contributed by atoms with Crippen molar-refractivity contribution in [3.8, 4) is 28.7 Å². The van der Waals surface area contributed by atoms with Crippen LogP contribution in [0.2, 0.25) is 0 Å². The number of unbranched alkanes of at least 4 members (excludes halogenated alkanes) is 6. The molecule has 0 aromatic heterocycles. The highest BCUT2D eigenvalue weighted by Gasteiger charge is 2.33. The molecule has 0 fully saturated rings. The Morgan fingerprint density at radius 2 is 1.23 bits per heavy atom. The molecule has 1 unspecified atom stereocenters. The monoisotopic (exact) mass is 525 g/mol. The van der Waals surface area contributed by atoms with Crippen LogP contribution < -0.4 is 9.47 Å². The molecule has 0 aliphatic rings. The van der Waals surface area contributed by atoms with E-state index in [1.807, 2.05) is 18.2 Å². The maximum Gasteiger partial charge on any atom is 0.343 e. The molecule has 3 rings (SSSR count). The molecule has 204 valence electrons. The summed E-state index contributed by atoms with van der Waals surface area (Å²) in [6.45, 7) is 5.55. The minimum atomic E-state index is -1.20. The lowest BCUT2D eigenvalue weighted by atomic mass is 9.90. The number of carbonyl (C=O) groups is 2. The number of nitrogens with zero attached hydrogens (tertiary/aromatic N) is 1. The van der Waals surface area contributed by atoms with E-state index in [1.54, 1.807) is 38.1 Å². The third-order valence-electron chi connectivity index (χ3n) is 7.13. The highest BCUT2D eigenvalue weighted by atomic mass is 16.5. The van der Waals surface area contributed by atoms with Gasteiger partial charge in [-0.3, -0.25) is 0 Å². The summed E-state index contributed by atoms with van der Waals surface area (Å²) in [5, 5.41) is 9.23. The maximum atomic E-state index is 12.6. The molecule has 0 bridgehead atoms. The van der Waals surface area contributed by atoms with Gasteiger partial charge in [-0.15, -0.1) is 0 Å². The van der Waals surface area contributed by atoms with Crippen LogP contribution in [0.1, 0.15) is 88.1 Å². The van der Waals surface area contributed by atoms with E-state index in [0.717, 1.165) is 17.5 Å². The SMILES string of the molecule is CCCCCCCCCc1ccc(-c2ccc(C(=O)Oc3ccc(OC(=O)C(C)(C#N)CC)cc3)cc2)cc1. The quantitative estimate of drug-likeness (QED) is 0.119. The van der Waals surface area contributed by atoms with Crippen molar-refractivity contribution in [3.05, 3.63) is 83.9 Å². The molecule has 1 atom stereocenters. The maximum absolute atomic E-state index is 12.6. The van der Waals surface area contributed by atoms with Crippen molar-refractivity contribution in [2.45, 2.75) is 78.6 Å². The van der Waals surface area contributed by atoms with Crippen LogP contribution in [0.3, 0.4) is 0 Å². The van der Waals surface area contributed by atoms with Gasteiger partial charge >= 0.3 is 11.9 Å². The lowest BCUT2D eigenvalue weighted by Crippen LogP contribution is -2.29. The van der Waals surface area contributed by atoms with E-state index in [0.29, 0.717) is 17.7 Å². The highest BCUT2D eigenvalue weighted by Crippen LogP contribution is 2.26. The number of carbonyl (C=O) groups excluding carboxylic acids is 2. The lowest BCUT2D eigenvalue weighted by molar-refractivity contribution is -0.142. The van der Waals surface area contributed by atoms with Gasteiger partial charge in [-0.05, 0) is 79.3 Å². The number of esters is 2. The van der Waals surface area contributed by atoms with Gasteiger partial charge in [0.05, 0.1) is 11.6 Å². The molecule has 5 nitrogen and oxygen atoms in total. The smallest absolute Gasteiger partial charge is 0.343 e. The topological polar surface area (TPSA) is 76.4 Å². The van der Waals surface area contributed by atoms with Gasteiger partial charge in [-0.25, -0.2) is 9.59 Å². The van der Waals surface area contributed by atoms with Crippen LogP contribution in [0.25, 0.3) is 11.1 Å². The molecule has 3 aromatic rings. The fraction of sp³-hybridized carbons (Fsp3) is 0.382. The van der Waals surface area contributed by atoms with Crippen LogP contribution in [0.15, 0.2) is 72.8 Å². The van der Waals surface area contributed by atoms with Gasteiger partial charge in [-0.2, -0.15) is 5.26 Å². The molecule has 0 saturated carbocycles. The minimum absolute atomic E-state index is 0.285. The number of ether oxygens (including phenoxy) is 2. The van der Waals surface area contributed by atoms with E-state index in [9.17, 15) is 14.9 Å². The Morgan fingerprint density at radius 3 is 1.77 bits per heavy atom. The zero-order valence-electron chi connectivity index (χ0n) is 23.4. The summed E-state index contributed by atoms with van der Waals surface area (Å²) in [6.07, 6.45) is 10.7. The molecule has 39 heavy (non-hydrogen) atoms. The number of hydrogen-bond acceptors (Lipinski definition) is 5. The Bertz CT molecular complexity index is 1240. The fourth-order valence-corrected chi connectivity index (χ4v) is 4.18. The fourth-order valence-electron chi connectivity index (χ4n) is 4.18. The van der Waals surface area contributed by atoms with Gasteiger partial charge in [-0.1, -0.05) is 88.8 Å². The number of benzene rings is 3. The van der Waals surface area contributed by atoms with Crippen LogP contribution in [-0.2, 0) is 11.2 Å². The lowest BCUT2D eigenvalue weighted by Gasteiger charge is -2.17. The van der Waals surface area contributed by atoms with Crippen molar-refractivity contribution < 1.29 is 19.1 Å². The first-order chi connectivity index (χ1) is 18.9.